The first-order chi connectivity index (χ1) is 9.67. The minimum absolute atomic E-state index is 0.0442. The van der Waals surface area contributed by atoms with Gasteiger partial charge in [0.1, 0.15) is 0 Å². The van der Waals surface area contributed by atoms with Crippen molar-refractivity contribution in [1.29, 1.82) is 0 Å². The third kappa shape index (κ3) is 2.96. The Morgan fingerprint density at radius 1 is 1.50 bits per heavy atom. The van der Waals surface area contributed by atoms with Gasteiger partial charge in [-0.15, -0.1) is 11.3 Å². The molecule has 2 aromatic rings. The molecule has 2 heterocycles. The van der Waals surface area contributed by atoms with E-state index in [0.717, 1.165) is 4.88 Å². The van der Waals surface area contributed by atoms with Crippen LogP contribution in [0.2, 0.25) is 0 Å². The van der Waals surface area contributed by atoms with Gasteiger partial charge in [0.2, 0.25) is 0 Å². The zero-order valence-corrected chi connectivity index (χ0v) is 12.2. The maximum Gasteiger partial charge on any atom is 0.257 e. The lowest BCUT2D eigenvalue weighted by Gasteiger charge is -2.20. The second-order valence-corrected chi connectivity index (χ2v) is 5.20. The number of thiophene rings is 1. The second kappa shape index (κ2) is 6.47. The maximum atomic E-state index is 14.1. The summed E-state index contributed by atoms with van der Waals surface area (Å²) >= 11 is 1.58. The number of carbonyl (C=O) groups is 1. The first kappa shape index (κ1) is 14.5. The quantitative estimate of drug-likeness (QED) is 0.921. The van der Waals surface area contributed by atoms with Crippen molar-refractivity contribution in [2.45, 2.75) is 13.5 Å². The predicted octanol–water partition coefficient (Wildman–Crippen LogP) is 2.99. The third-order valence-electron chi connectivity index (χ3n) is 2.95. The summed E-state index contributed by atoms with van der Waals surface area (Å²) in [5.41, 5.74) is 0.0442. The van der Waals surface area contributed by atoms with Crippen LogP contribution in [0, 0.1) is 5.82 Å². The summed E-state index contributed by atoms with van der Waals surface area (Å²) in [6.07, 6.45) is 1.43. The lowest BCUT2D eigenvalue weighted by atomic mass is 10.2. The molecule has 2 rings (SSSR count). The van der Waals surface area contributed by atoms with Gasteiger partial charge >= 0.3 is 0 Å². The van der Waals surface area contributed by atoms with Crippen LogP contribution < -0.4 is 5.32 Å². The van der Waals surface area contributed by atoms with Gasteiger partial charge in [0, 0.05) is 24.7 Å². The Morgan fingerprint density at radius 3 is 2.90 bits per heavy atom. The molecule has 106 valence electrons. The van der Waals surface area contributed by atoms with E-state index in [1.165, 1.54) is 12.3 Å². The van der Waals surface area contributed by atoms with E-state index in [9.17, 15) is 9.18 Å². The molecule has 0 radical (unpaired) electrons. The molecule has 0 aromatic carbocycles. The number of carbonyl (C=O) groups excluding carboxylic acids is 1. The SMILES string of the molecule is CCN(Cc1cccs1)C(=O)c1ccnc(NC)c1F. The number of nitrogens with zero attached hydrogens (tertiary/aromatic N) is 2. The van der Waals surface area contributed by atoms with Gasteiger partial charge in [0.25, 0.3) is 5.91 Å². The van der Waals surface area contributed by atoms with Gasteiger partial charge in [-0.05, 0) is 24.4 Å². The second-order valence-electron chi connectivity index (χ2n) is 4.17. The van der Waals surface area contributed by atoms with Gasteiger partial charge in [-0.1, -0.05) is 6.07 Å². The maximum absolute atomic E-state index is 14.1. The standard InChI is InChI=1S/C14H16FN3OS/c1-3-18(9-10-5-4-8-20-10)14(19)11-6-7-17-13(16-2)12(11)15/h4-8H,3,9H2,1-2H3,(H,16,17). The molecule has 20 heavy (non-hydrogen) atoms. The van der Waals surface area contributed by atoms with Gasteiger partial charge in [0.05, 0.1) is 12.1 Å². The molecule has 2 aromatic heterocycles. The topological polar surface area (TPSA) is 45.2 Å². The molecule has 0 spiro atoms. The molecule has 6 heteroatoms. The van der Waals surface area contributed by atoms with Crippen LogP contribution in [0.1, 0.15) is 22.2 Å². The molecule has 0 aliphatic rings. The van der Waals surface area contributed by atoms with Crippen molar-refractivity contribution in [3.63, 3.8) is 0 Å². The molecule has 0 bridgehead atoms. The molecular weight excluding hydrogens is 277 g/mol. The number of rotatable bonds is 5. The van der Waals surface area contributed by atoms with E-state index in [0.29, 0.717) is 13.1 Å². The molecule has 4 nitrogen and oxygen atoms in total. The number of hydrogen-bond acceptors (Lipinski definition) is 4. The van der Waals surface area contributed by atoms with Crippen LogP contribution in [0.3, 0.4) is 0 Å². The van der Waals surface area contributed by atoms with Crippen molar-refractivity contribution in [3.8, 4) is 0 Å². The van der Waals surface area contributed by atoms with E-state index in [1.807, 2.05) is 24.4 Å². The van der Waals surface area contributed by atoms with Crippen molar-refractivity contribution >= 4 is 23.1 Å². The Labute approximate surface area is 121 Å². The van der Waals surface area contributed by atoms with E-state index in [-0.39, 0.29) is 17.3 Å². The normalized spacial score (nSPS) is 10.3. The number of amides is 1. The molecule has 0 fully saturated rings. The highest BCUT2D eigenvalue weighted by atomic mass is 32.1. The number of nitrogens with one attached hydrogen (secondary N) is 1. The van der Waals surface area contributed by atoms with E-state index in [1.54, 1.807) is 23.3 Å². The fourth-order valence-corrected chi connectivity index (χ4v) is 2.59. The Kier molecular flexibility index (Phi) is 4.68. The first-order valence-corrected chi connectivity index (χ1v) is 7.19. The summed E-state index contributed by atoms with van der Waals surface area (Å²) in [4.78, 5) is 19.0. The van der Waals surface area contributed by atoms with Crippen LogP contribution in [0.25, 0.3) is 0 Å². The average molecular weight is 293 g/mol. The molecule has 0 unspecified atom stereocenters. The fourth-order valence-electron chi connectivity index (χ4n) is 1.87. The Morgan fingerprint density at radius 2 is 2.30 bits per heavy atom. The zero-order chi connectivity index (χ0) is 14.5. The molecule has 1 N–H and O–H groups in total. The summed E-state index contributed by atoms with van der Waals surface area (Å²) in [5.74, 6) is -0.843. The van der Waals surface area contributed by atoms with Crippen molar-refractivity contribution in [2.75, 3.05) is 18.9 Å². The van der Waals surface area contributed by atoms with Crippen LogP contribution in [0.15, 0.2) is 29.8 Å². The number of aromatic nitrogens is 1. The van der Waals surface area contributed by atoms with Gasteiger partial charge in [-0.25, -0.2) is 9.37 Å². The largest absolute Gasteiger partial charge is 0.371 e. The molecule has 0 saturated heterocycles. The highest BCUT2D eigenvalue weighted by Gasteiger charge is 2.20. The van der Waals surface area contributed by atoms with Gasteiger partial charge < -0.3 is 10.2 Å². The Hall–Kier alpha value is -1.95. The van der Waals surface area contributed by atoms with Crippen molar-refractivity contribution in [2.24, 2.45) is 0 Å². The Balaban J connectivity index is 2.24. The predicted molar refractivity (Wildman–Crippen MR) is 78.5 cm³/mol. The number of pyridine rings is 1. The molecule has 0 aliphatic heterocycles. The number of halogens is 1. The molecular formula is C14H16FN3OS. The highest BCUT2D eigenvalue weighted by Crippen LogP contribution is 2.19. The molecule has 1 amide bonds. The van der Waals surface area contributed by atoms with Crippen LogP contribution >= 0.6 is 11.3 Å². The zero-order valence-electron chi connectivity index (χ0n) is 11.4. The summed E-state index contributed by atoms with van der Waals surface area (Å²) in [6, 6.07) is 5.31. The first-order valence-electron chi connectivity index (χ1n) is 6.31. The fraction of sp³-hybridized carbons (Fsp3) is 0.286. The van der Waals surface area contributed by atoms with E-state index >= 15 is 0 Å². The van der Waals surface area contributed by atoms with Gasteiger partial charge in [-0.3, -0.25) is 4.79 Å². The summed E-state index contributed by atoms with van der Waals surface area (Å²) in [6.45, 7) is 2.89. The number of hydrogen-bond donors (Lipinski definition) is 1. The lowest BCUT2D eigenvalue weighted by Crippen LogP contribution is -2.30. The van der Waals surface area contributed by atoms with Gasteiger partial charge in [-0.2, -0.15) is 0 Å². The smallest absolute Gasteiger partial charge is 0.257 e. The third-order valence-corrected chi connectivity index (χ3v) is 3.81. The van der Waals surface area contributed by atoms with E-state index < -0.39 is 5.82 Å². The van der Waals surface area contributed by atoms with Crippen LogP contribution in [0.4, 0.5) is 10.2 Å². The average Bonchev–Trinajstić information content (AvgIpc) is 2.97. The van der Waals surface area contributed by atoms with E-state index in [2.05, 4.69) is 10.3 Å². The summed E-state index contributed by atoms with van der Waals surface area (Å²) in [7, 11) is 1.57. The van der Waals surface area contributed by atoms with Crippen LogP contribution in [-0.2, 0) is 6.54 Å². The summed E-state index contributed by atoms with van der Waals surface area (Å²) < 4.78 is 14.1. The summed E-state index contributed by atoms with van der Waals surface area (Å²) in [5, 5.41) is 4.60. The molecule has 0 saturated carbocycles. The van der Waals surface area contributed by atoms with Crippen LogP contribution in [-0.4, -0.2) is 29.4 Å². The monoisotopic (exact) mass is 293 g/mol. The van der Waals surface area contributed by atoms with Crippen molar-refractivity contribution < 1.29 is 9.18 Å². The number of anilines is 1. The van der Waals surface area contributed by atoms with Crippen molar-refractivity contribution in [1.82, 2.24) is 9.88 Å². The molecule has 0 aliphatic carbocycles. The Bertz CT molecular complexity index is 586. The molecule has 0 atom stereocenters. The minimum atomic E-state index is -0.607. The van der Waals surface area contributed by atoms with E-state index in [4.69, 9.17) is 0 Å². The lowest BCUT2D eigenvalue weighted by molar-refractivity contribution is 0.0749. The highest BCUT2D eigenvalue weighted by molar-refractivity contribution is 7.09. The van der Waals surface area contributed by atoms with Crippen molar-refractivity contribution in [3.05, 3.63) is 46.0 Å². The minimum Gasteiger partial charge on any atom is -0.371 e. The van der Waals surface area contributed by atoms with Gasteiger partial charge in [0.15, 0.2) is 11.6 Å². The van der Waals surface area contributed by atoms with Crippen LogP contribution in [0.5, 0.6) is 0 Å².